The van der Waals surface area contributed by atoms with Gasteiger partial charge in [-0.3, -0.25) is 19.9 Å². The first kappa shape index (κ1) is 19.8. The largest absolute Gasteiger partial charge is 0.343 e. The molecule has 1 aliphatic heterocycles. The summed E-state index contributed by atoms with van der Waals surface area (Å²) in [5.74, 6) is 5.10. The molecule has 27 heavy (non-hydrogen) atoms. The van der Waals surface area contributed by atoms with E-state index in [1.165, 1.54) is 24.8 Å². The maximum atomic E-state index is 12.6. The van der Waals surface area contributed by atoms with Gasteiger partial charge in [0.25, 0.3) is 5.91 Å². The van der Waals surface area contributed by atoms with Gasteiger partial charge in [-0.1, -0.05) is 12.5 Å². The fourth-order valence-corrected chi connectivity index (χ4v) is 3.73. The van der Waals surface area contributed by atoms with Crippen LogP contribution in [0.1, 0.15) is 40.7 Å². The molecule has 7 nitrogen and oxygen atoms in total. The van der Waals surface area contributed by atoms with Crippen LogP contribution < -0.4 is 11.3 Å². The monoisotopic (exact) mass is 373 g/mol. The minimum atomic E-state index is -0.274. The van der Waals surface area contributed by atoms with Gasteiger partial charge in [-0.15, -0.1) is 0 Å². The lowest BCUT2D eigenvalue weighted by atomic mass is 9.92. The number of amides is 2. The van der Waals surface area contributed by atoms with Gasteiger partial charge in [0.2, 0.25) is 5.91 Å². The Morgan fingerprint density at radius 1 is 1.22 bits per heavy atom. The van der Waals surface area contributed by atoms with Gasteiger partial charge in [0.15, 0.2) is 0 Å². The van der Waals surface area contributed by atoms with Crippen molar-refractivity contribution in [1.29, 1.82) is 0 Å². The molecule has 1 aromatic carbocycles. The summed E-state index contributed by atoms with van der Waals surface area (Å²) in [6.45, 7) is 3.70. The SMILES string of the molecule is CN(CCN(C)C1CCC1)C(=O)CN1CCc2cc(C(=O)NN)ccc2C1. The zero-order valence-corrected chi connectivity index (χ0v) is 16.4. The number of likely N-dealkylation sites (N-methyl/N-ethyl adjacent to an activating group) is 2. The molecular formula is C20H31N5O2. The molecule has 1 saturated carbocycles. The van der Waals surface area contributed by atoms with E-state index >= 15 is 0 Å². The lowest BCUT2D eigenvalue weighted by Crippen LogP contribution is -2.45. The van der Waals surface area contributed by atoms with Crippen LogP contribution >= 0.6 is 0 Å². The summed E-state index contributed by atoms with van der Waals surface area (Å²) in [4.78, 5) is 30.6. The first-order valence-corrected chi connectivity index (χ1v) is 9.77. The van der Waals surface area contributed by atoms with Gasteiger partial charge in [-0.2, -0.15) is 0 Å². The summed E-state index contributed by atoms with van der Waals surface area (Å²) in [5.41, 5.74) is 5.08. The molecule has 2 amide bonds. The molecule has 1 fully saturated rings. The summed E-state index contributed by atoms with van der Waals surface area (Å²) < 4.78 is 0. The first-order chi connectivity index (χ1) is 13.0. The molecule has 1 aromatic rings. The highest BCUT2D eigenvalue weighted by atomic mass is 16.2. The Labute approximate surface area is 161 Å². The van der Waals surface area contributed by atoms with Crippen LogP contribution in [0, 0.1) is 0 Å². The standard InChI is InChI=1S/C20H31N5O2/c1-23(18-4-3-5-18)10-11-24(2)19(26)14-25-9-8-15-12-16(20(27)22-21)6-7-17(15)13-25/h6-7,12,18H,3-5,8-11,13-14,21H2,1-2H3,(H,22,27). The summed E-state index contributed by atoms with van der Waals surface area (Å²) in [6, 6.07) is 6.36. The molecule has 0 atom stereocenters. The zero-order chi connectivity index (χ0) is 19.4. The fraction of sp³-hybridized carbons (Fsp3) is 0.600. The van der Waals surface area contributed by atoms with Gasteiger partial charge in [0.05, 0.1) is 6.54 Å². The molecule has 2 aliphatic rings. The first-order valence-electron chi connectivity index (χ1n) is 9.77. The van der Waals surface area contributed by atoms with E-state index in [2.05, 4.69) is 22.3 Å². The lowest BCUT2D eigenvalue weighted by molar-refractivity contribution is -0.131. The van der Waals surface area contributed by atoms with Crippen LogP contribution in [0.3, 0.4) is 0 Å². The van der Waals surface area contributed by atoms with Crippen LogP contribution in [0.15, 0.2) is 18.2 Å². The third-order valence-corrected chi connectivity index (χ3v) is 5.96. The van der Waals surface area contributed by atoms with Gasteiger partial charge in [-0.05, 0) is 49.6 Å². The van der Waals surface area contributed by atoms with Crippen molar-refractivity contribution in [2.45, 2.75) is 38.3 Å². The van der Waals surface area contributed by atoms with Gasteiger partial charge in [0.1, 0.15) is 0 Å². The highest BCUT2D eigenvalue weighted by molar-refractivity contribution is 5.94. The topological polar surface area (TPSA) is 81.9 Å². The number of nitrogen functional groups attached to an aromatic ring is 1. The van der Waals surface area contributed by atoms with Crippen molar-refractivity contribution in [2.24, 2.45) is 5.84 Å². The molecule has 0 radical (unpaired) electrons. The minimum Gasteiger partial charge on any atom is -0.343 e. The Morgan fingerprint density at radius 2 is 2.00 bits per heavy atom. The molecule has 7 heteroatoms. The molecule has 3 rings (SSSR count). The highest BCUT2D eigenvalue weighted by Crippen LogP contribution is 2.23. The molecule has 0 bridgehead atoms. The van der Waals surface area contributed by atoms with Crippen molar-refractivity contribution in [3.8, 4) is 0 Å². The maximum Gasteiger partial charge on any atom is 0.265 e. The van der Waals surface area contributed by atoms with Gasteiger partial charge >= 0.3 is 0 Å². The number of rotatable bonds is 7. The number of hydrazine groups is 1. The summed E-state index contributed by atoms with van der Waals surface area (Å²) in [7, 11) is 4.05. The van der Waals surface area contributed by atoms with Crippen molar-refractivity contribution < 1.29 is 9.59 Å². The number of carbonyl (C=O) groups is 2. The average Bonchev–Trinajstić information content (AvgIpc) is 2.63. The van der Waals surface area contributed by atoms with E-state index in [1.807, 2.05) is 24.1 Å². The van der Waals surface area contributed by atoms with Gasteiger partial charge in [-0.25, -0.2) is 5.84 Å². The Bertz CT molecular complexity index is 689. The molecule has 0 aromatic heterocycles. The molecule has 148 valence electrons. The van der Waals surface area contributed by atoms with Crippen LogP contribution in [0.4, 0.5) is 0 Å². The van der Waals surface area contributed by atoms with E-state index in [-0.39, 0.29) is 11.8 Å². The van der Waals surface area contributed by atoms with Gasteiger partial charge < -0.3 is 9.80 Å². The summed E-state index contributed by atoms with van der Waals surface area (Å²) in [6.07, 6.45) is 4.74. The summed E-state index contributed by atoms with van der Waals surface area (Å²) >= 11 is 0. The van der Waals surface area contributed by atoms with Crippen LogP contribution in [0.5, 0.6) is 0 Å². The van der Waals surface area contributed by atoms with E-state index in [0.717, 1.165) is 38.2 Å². The highest BCUT2D eigenvalue weighted by Gasteiger charge is 2.24. The number of hydrogen-bond acceptors (Lipinski definition) is 5. The molecule has 0 spiro atoms. The predicted molar refractivity (Wildman–Crippen MR) is 105 cm³/mol. The molecule has 3 N–H and O–H groups in total. The van der Waals surface area contributed by atoms with E-state index in [4.69, 9.17) is 5.84 Å². The fourth-order valence-electron chi connectivity index (χ4n) is 3.73. The number of nitrogens with one attached hydrogen (secondary N) is 1. The molecule has 0 saturated heterocycles. The minimum absolute atomic E-state index is 0.166. The van der Waals surface area contributed by atoms with E-state index < -0.39 is 0 Å². The Kier molecular flexibility index (Phi) is 6.46. The Morgan fingerprint density at radius 3 is 2.67 bits per heavy atom. The van der Waals surface area contributed by atoms with E-state index in [1.54, 1.807) is 6.07 Å². The molecular weight excluding hydrogens is 342 g/mol. The Balaban J connectivity index is 1.48. The number of hydrogen-bond donors (Lipinski definition) is 2. The van der Waals surface area contributed by atoms with Crippen molar-refractivity contribution in [1.82, 2.24) is 20.1 Å². The van der Waals surface area contributed by atoms with Crippen molar-refractivity contribution >= 4 is 11.8 Å². The number of fused-ring (bicyclic) bond motifs is 1. The normalized spacial score (nSPS) is 17.3. The van der Waals surface area contributed by atoms with Crippen molar-refractivity contribution in [3.63, 3.8) is 0 Å². The second-order valence-corrected chi connectivity index (χ2v) is 7.80. The van der Waals surface area contributed by atoms with Crippen LogP contribution in [-0.2, 0) is 17.8 Å². The maximum absolute atomic E-state index is 12.6. The van der Waals surface area contributed by atoms with E-state index in [9.17, 15) is 9.59 Å². The van der Waals surface area contributed by atoms with Crippen LogP contribution in [0.25, 0.3) is 0 Å². The predicted octanol–water partition coefficient (Wildman–Crippen LogP) is 0.591. The third kappa shape index (κ3) is 4.86. The van der Waals surface area contributed by atoms with Crippen LogP contribution in [-0.4, -0.2) is 72.8 Å². The van der Waals surface area contributed by atoms with E-state index in [0.29, 0.717) is 18.2 Å². The number of carbonyl (C=O) groups excluding carboxylic acids is 2. The zero-order valence-electron chi connectivity index (χ0n) is 16.4. The average molecular weight is 374 g/mol. The lowest BCUT2D eigenvalue weighted by Gasteiger charge is -2.36. The van der Waals surface area contributed by atoms with Crippen molar-refractivity contribution in [3.05, 3.63) is 34.9 Å². The second kappa shape index (κ2) is 8.82. The molecule has 1 aliphatic carbocycles. The number of nitrogens with zero attached hydrogens (tertiary/aromatic N) is 3. The smallest absolute Gasteiger partial charge is 0.265 e. The number of benzene rings is 1. The molecule has 1 heterocycles. The second-order valence-electron chi connectivity index (χ2n) is 7.80. The van der Waals surface area contributed by atoms with Gasteiger partial charge in [0, 0.05) is 44.8 Å². The molecule has 0 unspecified atom stereocenters. The number of nitrogens with two attached hydrogens (primary N) is 1. The van der Waals surface area contributed by atoms with Crippen LogP contribution in [0.2, 0.25) is 0 Å². The van der Waals surface area contributed by atoms with Crippen molar-refractivity contribution in [2.75, 3.05) is 40.3 Å². The quantitative estimate of drug-likeness (QED) is 0.415. The summed E-state index contributed by atoms with van der Waals surface area (Å²) in [5, 5.41) is 0. The Hall–Kier alpha value is -1.96. The third-order valence-electron chi connectivity index (χ3n) is 5.96.